The molecule has 0 fully saturated rings. The number of nitrogens with one attached hydrogen (secondary N) is 2. The number of aliphatic hydroxyl groups excluding tert-OH is 1. The van der Waals surface area contributed by atoms with Crippen LogP contribution in [-0.2, 0) is 0 Å². The van der Waals surface area contributed by atoms with Gasteiger partial charge in [0, 0.05) is 11.8 Å². The second-order valence-electron chi connectivity index (χ2n) is 7.44. The number of hydrogen-bond donors (Lipinski definition) is 3. The lowest BCUT2D eigenvalue weighted by atomic mass is 10.0. The Labute approximate surface area is 173 Å². The van der Waals surface area contributed by atoms with Crippen LogP contribution in [0.4, 0.5) is 10.5 Å². The standard InChI is InChI=1S/C23H32N2O4/c1-16(2)8-7-13-29-22-14-18(11-12-21(22)28-4)24-23(27)25-20(15-26)19-10-6-5-9-17(19)3/h5-6,9-12,14,16,20,26H,7-8,13,15H2,1-4H3,(H2,24,25,27). The molecule has 0 aliphatic heterocycles. The number of ether oxygens (including phenoxy) is 2. The van der Waals surface area contributed by atoms with Gasteiger partial charge in [-0.25, -0.2) is 4.79 Å². The molecular formula is C23H32N2O4. The summed E-state index contributed by atoms with van der Waals surface area (Å²) in [6.45, 7) is 6.71. The van der Waals surface area contributed by atoms with Gasteiger partial charge in [-0.15, -0.1) is 0 Å². The van der Waals surface area contributed by atoms with Gasteiger partial charge in [0.1, 0.15) is 0 Å². The number of aryl methyl sites for hydroxylation is 1. The molecule has 2 rings (SSSR count). The van der Waals surface area contributed by atoms with Crippen molar-refractivity contribution in [1.82, 2.24) is 5.32 Å². The fourth-order valence-corrected chi connectivity index (χ4v) is 3.07. The van der Waals surface area contributed by atoms with Gasteiger partial charge >= 0.3 is 6.03 Å². The molecule has 0 aliphatic rings. The van der Waals surface area contributed by atoms with E-state index in [2.05, 4.69) is 24.5 Å². The minimum absolute atomic E-state index is 0.189. The number of anilines is 1. The first kappa shape index (κ1) is 22.6. The van der Waals surface area contributed by atoms with Gasteiger partial charge in [-0.2, -0.15) is 0 Å². The maximum Gasteiger partial charge on any atom is 0.319 e. The van der Waals surface area contributed by atoms with Gasteiger partial charge in [-0.3, -0.25) is 0 Å². The Morgan fingerprint density at radius 3 is 2.55 bits per heavy atom. The summed E-state index contributed by atoms with van der Waals surface area (Å²) in [5, 5.41) is 15.3. The SMILES string of the molecule is COc1ccc(NC(=O)NC(CO)c2ccccc2C)cc1OCCCC(C)C. The third-order valence-corrected chi connectivity index (χ3v) is 4.66. The van der Waals surface area contributed by atoms with Crippen LogP contribution in [0.1, 0.15) is 43.9 Å². The molecule has 2 aromatic carbocycles. The quantitative estimate of drug-likeness (QED) is 0.506. The monoisotopic (exact) mass is 400 g/mol. The number of rotatable bonds is 10. The molecule has 6 heteroatoms. The molecule has 3 N–H and O–H groups in total. The normalized spacial score (nSPS) is 11.8. The summed E-state index contributed by atoms with van der Waals surface area (Å²) in [4.78, 5) is 12.5. The van der Waals surface area contributed by atoms with Gasteiger partial charge in [-0.05, 0) is 48.9 Å². The summed E-state index contributed by atoms with van der Waals surface area (Å²) in [5.41, 5.74) is 2.48. The zero-order valence-electron chi connectivity index (χ0n) is 17.7. The van der Waals surface area contributed by atoms with Gasteiger partial charge < -0.3 is 25.2 Å². The predicted octanol–water partition coefficient (Wildman–Crippen LogP) is 4.67. The summed E-state index contributed by atoms with van der Waals surface area (Å²) in [6, 6.07) is 12.0. The van der Waals surface area contributed by atoms with E-state index < -0.39 is 12.1 Å². The highest BCUT2D eigenvalue weighted by Crippen LogP contribution is 2.30. The van der Waals surface area contributed by atoms with Crippen LogP contribution in [0, 0.1) is 12.8 Å². The van der Waals surface area contributed by atoms with Crippen LogP contribution in [-0.4, -0.2) is 31.5 Å². The van der Waals surface area contributed by atoms with Gasteiger partial charge in [0.2, 0.25) is 0 Å². The summed E-state index contributed by atoms with van der Waals surface area (Å²) >= 11 is 0. The number of benzene rings is 2. The first-order chi connectivity index (χ1) is 13.9. The maximum absolute atomic E-state index is 12.5. The number of carbonyl (C=O) groups excluding carboxylic acids is 1. The zero-order valence-corrected chi connectivity index (χ0v) is 17.7. The lowest BCUT2D eigenvalue weighted by Crippen LogP contribution is -2.34. The largest absolute Gasteiger partial charge is 0.493 e. The summed E-state index contributed by atoms with van der Waals surface area (Å²) < 4.78 is 11.2. The molecule has 6 nitrogen and oxygen atoms in total. The molecule has 0 aliphatic carbocycles. The molecule has 1 unspecified atom stereocenters. The van der Waals surface area contributed by atoms with E-state index in [1.54, 1.807) is 25.3 Å². The molecule has 29 heavy (non-hydrogen) atoms. The van der Waals surface area contributed by atoms with Crippen LogP contribution >= 0.6 is 0 Å². The molecule has 0 saturated heterocycles. The highest BCUT2D eigenvalue weighted by atomic mass is 16.5. The molecule has 1 atom stereocenters. The van der Waals surface area contributed by atoms with Crippen molar-refractivity contribution in [3.63, 3.8) is 0 Å². The number of carbonyl (C=O) groups is 1. The van der Waals surface area contributed by atoms with E-state index in [1.165, 1.54) is 0 Å². The van der Waals surface area contributed by atoms with E-state index in [1.807, 2.05) is 31.2 Å². The fraction of sp³-hybridized carbons (Fsp3) is 0.435. The maximum atomic E-state index is 12.5. The Kier molecular flexibility index (Phi) is 8.80. The lowest BCUT2D eigenvalue weighted by Gasteiger charge is -2.19. The Balaban J connectivity index is 2.01. The number of amides is 2. The van der Waals surface area contributed by atoms with Gasteiger partial charge in [0.05, 0.1) is 26.4 Å². The molecular weight excluding hydrogens is 368 g/mol. The molecule has 2 aromatic rings. The Hall–Kier alpha value is -2.73. The molecule has 0 bridgehead atoms. The van der Waals surface area contributed by atoms with Crippen LogP contribution in [0.2, 0.25) is 0 Å². The highest BCUT2D eigenvalue weighted by molar-refractivity contribution is 5.90. The van der Waals surface area contributed by atoms with Gasteiger partial charge in [0.15, 0.2) is 11.5 Å². The third-order valence-electron chi connectivity index (χ3n) is 4.66. The first-order valence-corrected chi connectivity index (χ1v) is 9.99. The minimum atomic E-state index is -0.485. The van der Waals surface area contributed by atoms with Crippen LogP contribution in [0.3, 0.4) is 0 Å². The van der Waals surface area contributed by atoms with Crippen LogP contribution < -0.4 is 20.1 Å². The molecule has 2 amide bonds. The lowest BCUT2D eigenvalue weighted by molar-refractivity contribution is 0.225. The van der Waals surface area contributed by atoms with Crippen molar-refractivity contribution in [2.45, 2.75) is 39.7 Å². The average Bonchev–Trinajstić information content (AvgIpc) is 2.70. The first-order valence-electron chi connectivity index (χ1n) is 9.99. The van der Waals surface area contributed by atoms with Crippen molar-refractivity contribution in [3.05, 3.63) is 53.6 Å². The van der Waals surface area contributed by atoms with Crippen molar-refractivity contribution < 1.29 is 19.4 Å². The second-order valence-corrected chi connectivity index (χ2v) is 7.44. The minimum Gasteiger partial charge on any atom is -0.493 e. The fourth-order valence-electron chi connectivity index (χ4n) is 3.07. The van der Waals surface area contributed by atoms with Crippen molar-refractivity contribution in [2.24, 2.45) is 5.92 Å². The zero-order chi connectivity index (χ0) is 21.2. The van der Waals surface area contributed by atoms with Crippen LogP contribution in [0.25, 0.3) is 0 Å². The molecule has 0 spiro atoms. The van der Waals surface area contributed by atoms with Crippen molar-refractivity contribution in [3.8, 4) is 11.5 Å². The molecule has 0 saturated carbocycles. The molecule has 0 heterocycles. The van der Waals surface area contributed by atoms with E-state index in [0.29, 0.717) is 29.7 Å². The topological polar surface area (TPSA) is 79.8 Å². The van der Waals surface area contributed by atoms with Gasteiger partial charge in [-0.1, -0.05) is 38.1 Å². The van der Waals surface area contributed by atoms with Gasteiger partial charge in [0.25, 0.3) is 0 Å². The predicted molar refractivity (Wildman–Crippen MR) is 116 cm³/mol. The number of hydrogen-bond acceptors (Lipinski definition) is 4. The van der Waals surface area contributed by atoms with Crippen molar-refractivity contribution in [1.29, 1.82) is 0 Å². The van der Waals surface area contributed by atoms with E-state index in [4.69, 9.17) is 9.47 Å². The Morgan fingerprint density at radius 1 is 1.14 bits per heavy atom. The molecule has 158 valence electrons. The number of methoxy groups -OCH3 is 1. The summed E-state index contributed by atoms with van der Waals surface area (Å²) in [5.74, 6) is 1.84. The highest BCUT2D eigenvalue weighted by Gasteiger charge is 2.16. The molecule has 0 aromatic heterocycles. The van der Waals surface area contributed by atoms with E-state index in [-0.39, 0.29) is 6.61 Å². The van der Waals surface area contributed by atoms with E-state index >= 15 is 0 Å². The van der Waals surface area contributed by atoms with Crippen molar-refractivity contribution in [2.75, 3.05) is 25.6 Å². The third kappa shape index (κ3) is 6.98. The van der Waals surface area contributed by atoms with Crippen LogP contribution in [0.15, 0.2) is 42.5 Å². The Morgan fingerprint density at radius 2 is 1.90 bits per heavy atom. The second kappa shape index (κ2) is 11.3. The van der Waals surface area contributed by atoms with Crippen LogP contribution in [0.5, 0.6) is 11.5 Å². The van der Waals surface area contributed by atoms with E-state index in [9.17, 15) is 9.90 Å². The number of aliphatic hydroxyl groups is 1. The number of urea groups is 1. The summed E-state index contributed by atoms with van der Waals surface area (Å²) in [6.07, 6.45) is 2.04. The average molecular weight is 401 g/mol. The smallest absolute Gasteiger partial charge is 0.319 e. The molecule has 0 radical (unpaired) electrons. The van der Waals surface area contributed by atoms with Crippen molar-refractivity contribution >= 4 is 11.7 Å². The Bertz CT molecular complexity index is 792. The van der Waals surface area contributed by atoms with E-state index in [0.717, 1.165) is 24.0 Å². The summed E-state index contributed by atoms with van der Waals surface area (Å²) in [7, 11) is 1.59.